The average Bonchev–Trinajstić information content (AvgIpc) is 3.03. The second-order valence-corrected chi connectivity index (χ2v) is 7.75. The van der Waals surface area contributed by atoms with Gasteiger partial charge in [0.2, 0.25) is 5.91 Å². The highest BCUT2D eigenvalue weighted by molar-refractivity contribution is 6.09. The van der Waals surface area contributed by atoms with Crippen molar-refractivity contribution in [3.8, 4) is 5.75 Å². The van der Waals surface area contributed by atoms with Gasteiger partial charge in [-0.2, -0.15) is 0 Å². The van der Waals surface area contributed by atoms with Crippen molar-refractivity contribution < 1.29 is 19.1 Å². The SMILES string of the molecule is CC[C@@H](NC(=O)CN1C(=O)N[C@](CC)(c2ccc(OC)cc2)C1=O)c1ccc(C)cc1. The van der Waals surface area contributed by atoms with E-state index in [1.165, 1.54) is 0 Å². The lowest BCUT2D eigenvalue weighted by Gasteiger charge is -2.26. The van der Waals surface area contributed by atoms with Gasteiger partial charge in [-0.3, -0.25) is 14.5 Å². The molecule has 1 aliphatic rings. The molecule has 1 saturated heterocycles. The Kier molecular flexibility index (Phi) is 6.63. The molecule has 0 spiro atoms. The minimum absolute atomic E-state index is 0.189. The van der Waals surface area contributed by atoms with Gasteiger partial charge in [0.05, 0.1) is 13.2 Å². The van der Waals surface area contributed by atoms with Crippen molar-refractivity contribution in [3.63, 3.8) is 0 Å². The largest absolute Gasteiger partial charge is 0.497 e. The molecule has 2 atom stereocenters. The number of amides is 4. The number of nitrogens with zero attached hydrogens (tertiary/aromatic N) is 1. The molecular weight excluding hydrogens is 394 g/mol. The molecule has 1 fully saturated rings. The van der Waals surface area contributed by atoms with Gasteiger partial charge in [-0.05, 0) is 43.0 Å². The van der Waals surface area contributed by atoms with Crippen molar-refractivity contribution in [1.82, 2.24) is 15.5 Å². The van der Waals surface area contributed by atoms with Crippen LogP contribution in [0.3, 0.4) is 0 Å². The Morgan fingerprint density at radius 1 is 1.10 bits per heavy atom. The van der Waals surface area contributed by atoms with E-state index in [4.69, 9.17) is 4.74 Å². The van der Waals surface area contributed by atoms with Crippen molar-refractivity contribution >= 4 is 17.8 Å². The molecular formula is C24H29N3O4. The standard InChI is InChI=1S/C24H29N3O4/c1-5-20(17-9-7-16(3)8-10-17)25-21(28)15-27-22(29)24(6-2,26-23(27)30)18-11-13-19(31-4)14-12-18/h7-14,20H,5-6,15H2,1-4H3,(H,25,28)(H,26,30)/t20-,24-/m1/s1. The van der Waals surface area contributed by atoms with E-state index in [1.54, 1.807) is 31.4 Å². The molecule has 1 heterocycles. The molecule has 0 unspecified atom stereocenters. The van der Waals surface area contributed by atoms with Crippen LogP contribution in [0.4, 0.5) is 4.79 Å². The number of carbonyl (C=O) groups excluding carboxylic acids is 3. The molecule has 0 saturated carbocycles. The van der Waals surface area contributed by atoms with E-state index in [9.17, 15) is 14.4 Å². The van der Waals surface area contributed by atoms with Crippen molar-refractivity contribution in [2.75, 3.05) is 13.7 Å². The first-order valence-corrected chi connectivity index (χ1v) is 10.5. The molecule has 164 valence electrons. The summed E-state index contributed by atoms with van der Waals surface area (Å²) in [6, 6.07) is 14.2. The third-order valence-corrected chi connectivity index (χ3v) is 5.81. The Morgan fingerprint density at radius 2 is 1.74 bits per heavy atom. The number of carbonyl (C=O) groups is 3. The first kappa shape index (κ1) is 22.3. The fraction of sp³-hybridized carbons (Fsp3) is 0.375. The minimum atomic E-state index is -1.19. The second-order valence-electron chi connectivity index (χ2n) is 7.75. The predicted octanol–water partition coefficient (Wildman–Crippen LogP) is 3.43. The molecule has 3 rings (SSSR count). The van der Waals surface area contributed by atoms with Crippen molar-refractivity contribution in [1.29, 1.82) is 0 Å². The number of nitrogens with one attached hydrogen (secondary N) is 2. The van der Waals surface area contributed by atoms with E-state index in [1.807, 2.05) is 45.0 Å². The van der Waals surface area contributed by atoms with Crippen LogP contribution in [0.25, 0.3) is 0 Å². The lowest BCUT2D eigenvalue weighted by atomic mass is 9.87. The Hall–Kier alpha value is -3.35. The van der Waals surface area contributed by atoms with Crippen LogP contribution < -0.4 is 15.4 Å². The maximum Gasteiger partial charge on any atom is 0.325 e. The fourth-order valence-corrected chi connectivity index (χ4v) is 3.89. The van der Waals surface area contributed by atoms with Gasteiger partial charge in [0, 0.05) is 0 Å². The number of urea groups is 1. The maximum atomic E-state index is 13.3. The summed E-state index contributed by atoms with van der Waals surface area (Å²) in [4.78, 5) is 39.6. The maximum absolute atomic E-state index is 13.3. The highest BCUT2D eigenvalue weighted by Gasteiger charge is 2.51. The number of ether oxygens (including phenoxy) is 1. The lowest BCUT2D eigenvalue weighted by molar-refractivity contribution is -0.135. The summed E-state index contributed by atoms with van der Waals surface area (Å²) in [6.45, 7) is 5.48. The number of imide groups is 1. The minimum Gasteiger partial charge on any atom is -0.497 e. The van der Waals surface area contributed by atoms with Crippen LogP contribution in [0, 0.1) is 6.92 Å². The quantitative estimate of drug-likeness (QED) is 0.637. The highest BCUT2D eigenvalue weighted by atomic mass is 16.5. The lowest BCUT2D eigenvalue weighted by Crippen LogP contribution is -2.45. The van der Waals surface area contributed by atoms with Gasteiger partial charge >= 0.3 is 6.03 Å². The third kappa shape index (κ3) is 4.40. The predicted molar refractivity (Wildman–Crippen MR) is 118 cm³/mol. The van der Waals surface area contributed by atoms with Gasteiger partial charge in [0.15, 0.2) is 0 Å². The number of benzene rings is 2. The molecule has 7 nitrogen and oxygen atoms in total. The van der Waals surface area contributed by atoms with Gasteiger partial charge in [-0.1, -0.05) is 55.8 Å². The molecule has 31 heavy (non-hydrogen) atoms. The number of hydrogen-bond donors (Lipinski definition) is 2. The zero-order valence-corrected chi connectivity index (χ0v) is 18.4. The molecule has 4 amide bonds. The number of hydrogen-bond acceptors (Lipinski definition) is 4. The summed E-state index contributed by atoms with van der Waals surface area (Å²) in [5, 5.41) is 5.74. The Labute approximate surface area is 182 Å². The Morgan fingerprint density at radius 3 is 2.29 bits per heavy atom. The van der Waals surface area contributed by atoms with Crippen LogP contribution in [0.2, 0.25) is 0 Å². The van der Waals surface area contributed by atoms with Crippen LogP contribution in [-0.2, 0) is 15.1 Å². The van der Waals surface area contributed by atoms with E-state index in [0.717, 1.165) is 16.0 Å². The van der Waals surface area contributed by atoms with Gasteiger partial charge in [-0.25, -0.2) is 4.79 Å². The topological polar surface area (TPSA) is 87.7 Å². The first-order chi connectivity index (χ1) is 14.8. The number of rotatable bonds is 8. The van der Waals surface area contributed by atoms with E-state index >= 15 is 0 Å². The molecule has 7 heteroatoms. The van der Waals surface area contributed by atoms with E-state index < -0.39 is 17.5 Å². The van der Waals surface area contributed by atoms with E-state index in [2.05, 4.69) is 10.6 Å². The molecule has 1 aliphatic heterocycles. The first-order valence-electron chi connectivity index (χ1n) is 10.5. The Bertz CT molecular complexity index is 956. The molecule has 0 bridgehead atoms. The number of aryl methyl sites for hydroxylation is 1. The van der Waals surface area contributed by atoms with Gasteiger partial charge in [0.25, 0.3) is 5.91 Å². The summed E-state index contributed by atoms with van der Waals surface area (Å²) >= 11 is 0. The monoisotopic (exact) mass is 423 g/mol. The highest BCUT2D eigenvalue weighted by Crippen LogP contribution is 2.33. The molecule has 2 aromatic carbocycles. The summed E-state index contributed by atoms with van der Waals surface area (Å²) < 4.78 is 5.17. The van der Waals surface area contributed by atoms with Gasteiger partial charge < -0.3 is 15.4 Å². The second kappa shape index (κ2) is 9.20. The van der Waals surface area contributed by atoms with Crippen LogP contribution in [0.1, 0.15) is 49.4 Å². The third-order valence-electron chi connectivity index (χ3n) is 5.81. The van der Waals surface area contributed by atoms with Crippen LogP contribution in [0.15, 0.2) is 48.5 Å². The summed E-state index contributed by atoms with van der Waals surface area (Å²) in [5.41, 5.74) is 1.59. The van der Waals surface area contributed by atoms with Crippen LogP contribution in [0.5, 0.6) is 5.75 Å². The molecule has 0 radical (unpaired) electrons. The summed E-state index contributed by atoms with van der Waals surface area (Å²) in [7, 11) is 1.56. The van der Waals surface area contributed by atoms with Crippen LogP contribution >= 0.6 is 0 Å². The molecule has 0 aromatic heterocycles. The molecule has 2 N–H and O–H groups in total. The van der Waals surface area contributed by atoms with Gasteiger partial charge in [0.1, 0.15) is 17.8 Å². The van der Waals surface area contributed by atoms with E-state index in [-0.39, 0.29) is 18.5 Å². The smallest absolute Gasteiger partial charge is 0.325 e. The van der Waals surface area contributed by atoms with E-state index in [0.29, 0.717) is 24.2 Å². The van der Waals surface area contributed by atoms with Crippen molar-refractivity contribution in [3.05, 3.63) is 65.2 Å². The molecule has 2 aromatic rings. The van der Waals surface area contributed by atoms with Crippen molar-refractivity contribution in [2.45, 2.75) is 45.2 Å². The molecule has 0 aliphatic carbocycles. The normalized spacial score (nSPS) is 19.2. The fourth-order valence-electron chi connectivity index (χ4n) is 3.89. The summed E-state index contributed by atoms with van der Waals surface area (Å²) in [5.74, 6) is -0.147. The average molecular weight is 424 g/mol. The van der Waals surface area contributed by atoms with Crippen LogP contribution in [-0.4, -0.2) is 36.4 Å². The zero-order valence-electron chi connectivity index (χ0n) is 18.4. The Balaban J connectivity index is 1.75. The number of methoxy groups -OCH3 is 1. The zero-order chi connectivity index (χ0) is 22.6. The van der Waals surface area contributed by atoms with Crippen molar-refractivity contribution in [2.24, 2.45) is 0 Å². The van der Waals surface area contributed by atoms with Gasteiger partial charge in [-0.15, -0.1) is 0 Å². The summed E-state index contributed by atoms with van der Waals surface area (Å²) in [6.07, 6.45) is 1.06.